The van der Waals surface area contributed by atoms with Gasteiger partial charge in [0.1, 0.15) is 6.33 Å². The summed E-state index contributed by atoms with van der Waals surface area (Å²) in [6.45, 7) is 7.76. The molecule has 1 unspecified atom stereocenters. The lowest BCUT2D eigenvalue weighted by Crippen LogP contribution is -2.16. The Balaban J connectivity index is 2.94. The summed E-state index contributed by atoms with van der Waals surface area (Å²) in [5.41, 5.74) is 0.502. The number of hydrogen-bond acceptors (Lipinski definition) is 4. The van der Waals surface area contributed by atoms with Crippen LogP contribution in [0.15, 0.2) is 12.4 Å². The van der Waals surface area contributed by atoms with Gasteiger partial charge in [-0.1, -0.05) is 13.8 Å². The van der Waals surface area contributed by atoms with Crippen molar-refractivity contribution in [3.63, 3.8) is 0 Å². The van der Waals surface area contributed by atoms with E-state index in [1.54, 1.807) is 6.07 Å². The largest absolute Gasteiger partial charge is 0.481 e. The molecule has 0 spiro atoms. The molecule has 0 amide bonds. The third-order valence-corrected chi connectivity index (χ3v) is 2.38. The fraction of sp³-hybridized carbons (Fsp3) is 0.615. The third kappa shape index (κ3) is 4.31. The number of aromatic nitrogens is 2. The van der Waals surface area contributed by atoms with Crippen molar-refractivity contribution in [3.05, 3.63) is 18.1 Å². The van der Waals surface area contributed by atoms with Crippen LogP contribution < -0.4 is 4.74 Å². The average Bonchev–Trinajstić information content (AvgIpc) is 2.24. The van der Waals surface area contributed by atoms with Crippen molar-refractivity contribution < 1.29 is 14.6 Å². The van der Waals surface area contributed by atoms with Gasteiger partial charge in [0.25, 0.3) is 0 Å². The second-order valence-electron chi connectivity index (χ2n) is 4.97. The molecule has 0 saturated heterocycles. The molecule has 0 radical (unpaired) electrons. The van der Waals surface area contributed by atoms with Crippen LogP contribution in [0.3, 0.4) is 0 Å². The van der Waals surface area contributed by atoms with Crippen molar-refractivity contribution in [1.29, 1.82) is 0 Å². The molecule has 0 aliphatic heterocycles. The minimum atomic E-state index is -0.863. The van der Waals surface area contributed by atoms with E-state index in [9.17, 15) is 9.90 Å². The molecule has 1 atom stereocenters. The molecule has 1 aromatic heterocycles. The molecule has 0 saturated carbocycles. The maximum absolute atomic E-state index is 11.3. The molecule has 0 aliphatic rings. The van der Waals surface area contributed by atoms with Crippen LogP contribution in [0.1, 0.15) is 45.7 Å². The minimum Gasteiger partial charge on any atom is -0.481 e. The molecule has 5 nitrogen and oxygen atoms in total. The zero-order valence-corrected chi connectivity index (χ0v) is 11.3. The Hall–Kier alpha value is -1.65. The molecule has 0 bridgehead atoms. The Kier molecular flexibility index (Phi) is 5.07. The van der Waals surface area contributed by atoms with E-state index in [-0.39, 0.29) is 12.0 Å². The normalized spacial score (nSPS) is 12.8. The van der Waals surface area contributed by atoms with Gasteiger partial charge in [-0.3, -0.25) is 4.79 Å². The number of ether oxygens (including phenoxy) is 1. The van der Waals surface area contributed by atoms with Crippen LogP contribution in [-0.2, 0) is 4.79 Å². The van der Waals surface area contributed by atoms with Gasteiger partial charge in [-0.25, -0.2) is 9.97 Å². The van der Waals surface area contributed by atoms with Crippen molar-refractivity contribution in [3.8, 4) is 5.88 Å². The fourth-order valence-electron chi connectivity index (χ4n) is 1.67. The standard InChI is InChI=1S/C13H20N2O3/c1-8(2)5-10(13(16)17)11-6-12(15-7-14-11)18-9(3)4/h6-10H,5H2,1-4H3,(H,16,17). The highest BCUT2D eigenvalue weighted by molar-refractivity contribution is 5.75. The molecule has 0 fully saturated rings. The number of nitrogens with zero attached hydrogens (tertiary/aromatic N) is 2. The molecule has 100 valence electrons. The van der Waals surface area contributed by atoms with E-state index in [4.69, 9.17) is 4.74 Å². The maximum Gasteiger partial charge on any atom is 0.312 e. The molecule has 1 aromatic rings. The van der Waals surface area contributed by atoms with Gasteiger partial charge >= 0.3 is 5.97 Å². The zero-order valence-electron chi connectivity index (χ0n) is 11.3. The van der Waals surface area contributed by atoms with E-state index in [0.717, 1.165) is 0 Å². The van der Waals surface area contributed by atoms with E-state index in [0.29, 0.717) is 18.0 Å². The predicted octanol–water partition coefficient (Wildman–Crippen LogP) is 2.48. The fourth-order valence-corrected chi connectivity index (χ4v) is 1.67. The van der Waals surface area contributed by atoms with Gasteiger partial charge in [-0.15, -0.1) is 0 Å². The lowest BCUT2D eigenvalue weighted by molar-refractivity contribution is -0.139. The van der Waals surface area contributed by atoms with E-state index < -0.39 is 11.9 Å². The number of carboxylic acids is 1. The average molecular weight is 252 g/mol. The quantitative estimate of drug-likeness (QED) is 0.842. The summed E-state index contributed by atoms with van der Waals surface area (Å²) in [6, 6.07) is 1.61. The lowest BCUT2D eigenvalue weighted by Gasteiger charge is -2.15. The van der Waals surface area contributed by atoms with Crippen LogP contribution >= 0.6 is 0 Å². The summed E-state index contributed by atoms with van der Waals surface area (Å²) in [7, 11) is 0. The molecule has 0 aromatic carbocycles. The summed E-state index contributed by atoms with van der Waals surface area (Å²) < 4.78 is 5.45. The van der Waals surface area contributed by atoms with Crippen LogP contribution in [0.2, 0.25) is 0 Å². The SMILES string of the molecule is CC(C)CC(C(=O)O)c1cc(OC(C)C)ncn1. The Morgan fingerprint density at radius 2 is 2.00 bits per heavy atom. The van der Waals surface area contributed by atoms with Gasteiger partial charge in [0, 0.05) is 6.07 Å². The van der Waals surface area contributed by atoms with Gasteiger partial charge in [0.15, 0.2) is 0 Å². The number of aliphatic carboxylic acids is 1. The Morgan fingerprint density at radius 1 is 1.33 bits per heavy atom. The van der Waals surface area contributed by atoms with E-state index >= 15 is 0 Å². The molecule has 0 aliphatic carbocycles. The second-order valence-corrected chi connectivity index (χ2v) is 4.97. The smallest absolute Gasteiger partial charge is 0.312 e. The summed E-state index contributed by atoms with van der Waals surface area (Å²) in [5.74, 6) is -0.763. The first-order chi connectivity index (χ1) is 8.40. The zero-order chi connectivity index (χ0) is 13.7. The number of hydrogen-bond donors (Lipinski definition) is 1. The topological polar surface area (TPSA) is 72.3 Å². The summed E-state index contributed by atoms with van der Waals surface area (Å²) in [4.78, 5) is 19.3. The monoisotopic (exact) mass is 252 g/mol. The van der Waals surface area contributed by atoms with Gasteiger partial charge in [0.05, 0.1) is 17.7 Å². The van der Waals surface area contributed by atoms with E-state index in [1.807, 2.05) is 27.7 Å². The molecule has 18 heavy (non-hydrogen) atoms. The van der Waals surface area contributed by atoms with Crippen molar-refractivity contribution in [2.45, 2.75) is 46.1 Å². The highest BCUT2D eigenvalue weighted by Crippen LogP contribution is 2.24. The Morgan fingerprint density at radius 3 is 2.50 bits per heavy atom. The van der Waals surface area contributed by atoms with Gasteiger partial charge in [-0.2, -0.15) is 0 Å². The molecule has 1 heterocycles. The van der Waals surface area contributed by atoms with Crippen LogP contribution in [0, 0.1) is 5.92 Å². The number of rotatable bonds is 6. The molecule has 1 N–H and O–H groups in total. The molecular weight excluding hydrogens is 232 g/mol. The Bertz CT molecular complexity index is 405. The molecule has 5 heteroatoms. The van der Waals surface area contributed by atoms with Crippen molar-refractivity contribution in [2.75, 3.05) is 0 Å². The van der Waals surface area contributed by atoms with Crippen LogP contribution in [0.4, 0.5) is 0 Å². The van der Waals surface area contributed by atoms with Gasteiger partial charge in [-0.05, 0) is 26.2 Å². The number of carboxylic acid groups (broad SMARTS) is 1. The first-order valence-corrected chi connectivity index (χ1v) is 6.11. The van der Waals surface area contributed by atoms with E-state index in [2.05, 4.69) is 9.97 Å². The predicted molar refractivity (Wildman–Crippen MR) is 67.6 cm³/mol. The molecular formula is C13H20N2O3. The first-order valence-electron chi connectivity index (χ1n) is 6.11. The van der Waals surface area contributed by atoms with Gasteiger partial charge < -0.3 is 9.84 Å². The highest BCUT2D eigenvalue weighted by Gasteiger charge is 2.23. The Labute approximate surface area is 107 Å². The first kappa shape index (κ1) is 14.4. The van der Waals surface area contributed by atoms with Crippen LogP contribution in [0.25, 0.3) is 0 Å². The highest BCUT2D eigenvalue weighted by atomic mass is 16.5. The lowest BCUT2D eigenvalue weighted by atomic mass is 9.94. The van der Waals surface area contributed by atoms with Gasteiger partial charge in [0.2, 0.25) is 5.88 Å². The summed E-state index contributed by atoms with van der Waals surface area (Å²) in [5, 5.41) is 9.25. The van der Waals surface area contributed by atoms with Crippen LogP contribution in [-0.4, -0.2) is 27.1 Å². The van der Waals surface area contributed by atoms with E-state index in [1.165, 1.54) is 6.33 Å². The summed E-state index contributed by atoms with van der Waals surface area (Å²) in [6.07, 6.45) is 1.90. The summed E-state index contributed by atoms with van der Waals surface area (Å²) >= 11 is 0. The molecule has 1 rings (SSSR count). The number of carbonyl (C=O) groups is 1. The van der Waals surface area contributed by atoms with Crippen LogP contribution in [0.5, 0.6) is 5.88 Å². The minimum absolute atomic E-state index is 0.00104. The van der Waals surface area contributed by atoms with Crippen molar-refractivity contribution in [2.24, 2.45) is 5.92 Å². The third-order valence-electron chi connectivity index (χ3n) is 2.38. The van der Waals surface area contributed by atoms with Crippen molar-refractivity contribution in [1.82, 2.24) is 9.97 Å². The maximum atomic E-state index is 11.3. The second kappa shape index (κ2) is 6.33. The van der Waals surface area contributed by atoms with Crippen molar-refractivity contribution >= 4 is 5.97 Å².